The van der Waals surface area contributed by atoms with Crippen LogP contribution in [0.1, 0.15) is 36.9 Å². The molecule has 0 fully saturated rings. The Morgan fingerprint density at radius 2 is 2.00 bits per heavy atom. The first-order chi connectivity index (χ1) is 9.38. The molecule has 7 nitrogen and oxygen atoms in total. The Kier molecular flexibility index (Phi) is 5.75. The van der Waals surface area contributed by atoms with Gasteiger partial charge in [0.1, 0.15) is 10.7 Å². The zero-order chi connectivity index (χ0) is 15.3. The summed E-state index contributed by atoms with van der Waals surface area (Å²) >= 11 is 1.25. The third-order valence-corrected chi connectivity index (χ3v) is 3.90. The Bertz CT molecular complexity index is 484. The van der Waals surface area contributed by atoms with E-state index in [1.165, 1.54) is 11.3 Å². The second kappa shape index (κ2) is 7.09. The van der Waals surface area contributed by atoms with Crippen molar-refractivity contribution in [3.63, 3.8) is 0 Å². The van der Waals surface area contributed by atoms with Gasteiger partial charge in [0.25, 0.3) is 5.91 Å². The molecule has 0 aliphatic carbocycles. The first-order valence-corrected chi connectivity index (χ1v) is 7.31. The van der Waals surface area contributed by atoms with Crippen LogP contribution < -0.4 is 21.7 Å². The maximum absolute atomic E-state index is 12.1. The Hall–Kier alpha value is -1.83. The van der Waals surface area contributed by atoms with Crippen LogP contribution in [0.25, 0.3) is 0 Å². The zero-order valence-corrected chi connectivity index (χ0v) is 12.8. The van der Waals surface area contributed by atoms with Crippen LogP contribution in [0.5, 0.6) is 0 Å². The number of aromatic nitrogens is 1. The highest BCUT2D eigenvalue weighted by Crippen LogP contribution is 2.27. The van der Waals surface area contributed by atoms with E-state index in [1.807, 2.05) is 18.7 Å². The summed E-state index contributed by atoms with van der Waals surface area (Å²) in [5.74, 6) is -0.577. The van der Waals surface area contributed by atoms with Crippen LogP contribution >= 0.6 is 11.3 Å². The van der Waals surface area contributed by atoms with Gasteiger partial charge in [-0.05, 0) is 20.8 Å². The average Bonchev–Trinajstić information content (AvgIpc) is 2.71. The van der Waals surface area contributed by atoms with Gasteiger partial charge in [0, 0.05) is 25.6 Å². The molecular formula is C12H21N5O2S. The highest BCUT2D eigenvalue weighted by Gasteiger charge is 2.20. The van der Waals surface area contributed by atoms with Crippen molar-refractivity contribution in [2.24, 2.45) is 5.73 Å². The molecular weight excluding hydrogens is 278 g/mol. The molecule has 20 heavy (non-hydrogen) atoms. The van der Waals surface area contributed by atoms with Crippen LogP contribution in [0.15, 0.2) is 0 Å². The predicted octanol–water partition coefficient (Wildman–Crippen LogP) is 0.565. The number of carbonyl (C=O) groups is 2. The van der Waals surface area contributed by atoms with E-state index in [4.69, 9.17) is 11.5 Å². The molecule has 1 atom stereocenters. The van der Waals surface area contributed by atoms with Crippen molar-refractivity contribution in [2.75, 3.05) is 23.7 Å². The fourth-order valence-electron chi connectivity index (χ4n) is 1.75. The van der Waals surface area contributed by atoms with E-state index < -0.39 is 5.91 Å². The van der Waals surface area contributed by atoms with Gasteiger partial charge < -0.3 is 21.7 Å². The Balaban J connectivity index is 2.81. The fraction of sp³-hybridized carbons (Fsp3) is 0.583. The van der Waals surface area contributed by atoms with E-state index in [0.717, 1.165) is 18.2 Å². The third kappa shape index (κ3) is 4.09. The molecule has 0 aliphatic heterocycles. The summed E-state index contributed by atoms with van der Waals surface area (Å²) in [5, 5.41) is 3.41. The molecule has 0 aromatic carbocycles. The SMILES string of the molecule is CCN(CC)c1nc(N)c(C(=O)NC(C)CC(N)=O)s1. The molecule has 0 saturated heterocycles. The first kappa shape index (κ1) is 16.2. The molecule has 5 N–H and O–H groups in total. The summed E-state index contributed by atoms with van der Waals surface area (Å²) in [6, 6.07) is -0.335. The number of hydrogen-bond acceptors (Lipinski definition) is 6. The minimum atomic E-state index is -0.459. The zero-order valence-electron chi connectivity index (χ0n) is 12.0. The molecule has 1 heterocycles. The molecule has 112 valence electrons. The normalized spacial score (nSPS) is 11.9. The first-order valence-electron chi connectivity index (χ1n) is 6.49. The number of nitrogens with zero attached hydrogens (tertiary/aromatic N) is 2. The van der Waals surface area contributed by atoms with Crippen molar-refractivity contribution in [1.29, 1.82) is 0 Å². The molecule has 0 bridgehead atoms. The van der Waals surface area contributed by atoms with Gasteiger partial charge in [-0.2, -0.15) is 0 Å². The lowest BCUT2D eigenvalue weighted by molar-refractivity contribution is -0.118. The summed E-state index contributed by atoms with van der Waals surface area (Å²) < 4.78 is 0. The smallest absolute Gasteiger partial charge is 0.265 e. The van der Waals surface area contributed by atoms with E-state index in [9.17, 15) is 9.59 Å². The van der Waals surface area contributed by atoms with Gasteiger partial charge in [0.2, 0.25) is 5.91 Å². The van der Waals surface area contributed by atoms with Crippen LogP contribution in [0, 0.1) is 0 Å². The Labute approximate surface area is 122 Å². The van der Waals surface area contributed by atoms with Crippen LogP contribution in [-0.2, 0) is 4.79 Å². The van der Waals surface area contributed by atoms with Gasteiger partial charge in [-0.3, -0.25) is 9.59 Å². The topological polar surface area (TPSA) is 114 Å². The predicted molar refractivity (Wildman–Crippen MR) is 80.8 cm³/mol. The van der Waals surface area contributed by atoms with Crippen molar-refractivity contribution in [3.8, 4) is 0 Å². The molecule has 1 aromatic rings. The second-order valence-electron chi connectivity index (χ2n) is 4.43. The molecule has 1 aromatic heterocycles. The van der Waals surface area contributed by atoms with Gasteiger partial charge in [0.05, 0.1) is 0 Å². The summed E-state index contributed by atoms with van der Waals surface area (Å²) in [5.41, 5.74) is 10.9. The number of primary amides is 1. The monoisotopic (exact) mass is 299 g/mol. The van der Waals surface area contributed by atoms with E-state index in [1.54, 1.807) is 6.92 Å². The van der Waals surface area contributed by atoms with Crippen molar-refractivity contribution in [1.82, 2.24) is 10.3 Å². The molecule has 0 spiro atoms. The number of rotatable bonds is 7. The summed E-state index contributed by atoms with van der Waals surface area (Å²) in [4.78, 5) is 29.5. The average molecular weight is 299 g/mol. The van der Waals surface area contributed by atoms with Crippen LogP contribution in [-0.4, -0.2) is 35.9 Å². The molecule has 8 heteroatoms. The van der Waals surface area contributed by atoms with Crippen molar-refractivity contribution < 1.29 is 9.59 Å². The van der Waals surface area contributed by atoms with E-state index in [-0.39, 0.29) is 24.2 Å². The Morgan fingerprint density at radius 1 is 1.40 bits per heavy atom. The quantitative estimate of drug-likeness (QED) is 0.681. The number of carbonyl (C=O) groups excluding carboxylic acids is 2. The van der Waals surface area contributed by atoms with E-state index in [0.29, 0.717) is 4.88 Å². The lowest BCUT2D eigenvalue weighted by Crippen LogP contribution is -2.35. The standard InChI is InChI=1S/C12H21N5O2S/c1-4-17(5-2)12-16-10(14)9(20-12)11(19)15-7(3)6-8(13)18/h7H,4-6,14H2,1-3H3,(H2,13,18)(H,15,19). The minimum Gasteiger partial charge on any atom is -0.382 e. The van der Waals surface area contributed by atoms with Gasteiger partial charge in [-0.1, -0.05) is 11.3 Å². The summed E-state index contributed by atoms with van der Waals surface area (Å²) in [6.45, 7) is 7.32. The van der Waals surface area contributed by atoms with Gasteiger partial charge in [-0.25, -0.2) is 4.98 Å². The van der Waals surface area contributed by atoms with Crippen LogP contribution in [0.3, 0.4) is 0 Å². The molecule has 2 amide bonds. The maximum Gasteiger partial charge on any atom is 0.265 e. The van der Waals surface area contributed by atoms with E-state index >= 15 is 0 Å². The molecule has 0 aliphatic rings. The number of nitrogen functional groups attached to an aromatic ring is 1. The molecule has 0 radical (unpaired) electrons. The number of nitrogens with two attached hydrogens (primary N) is 2. The molecule has 0 saturated carbocycles. The van der Waals surface area contributed by atoms with Gasteiger partial charge >= 0.3 is 0 Å². The van der Waals surface area contributed by atoms with Crippen LogP contribution in [0.4, 0.5) is 10.9 Å². The molecule has 1 rings (SSSR count). The third-order valence-electron chi connectivity index (χ3n) is 2.77. The van der Waals surface area contributed by atoms with Crippen molar-refractivity contribution in [3.05, 3.63) is 4.88 Å². The highest BCUT2D eigenvalue weighted by molar-refractivity contribution is 7.18. The number of thiazole rings is 1. The molecule has 1 unspecified atom stereocenters. The van der Waals surface area contributed by atoms with Gasteiger partial charge in [0.15, 0.2) is 5.13 Å². The number of nitrogens with one attached hydrogen (secondary N) is 1. The van der Waals surface area contributed by atoms with Crippen LogP contribution in [0.2, 0.25) is 0 Å². The number of amides is 2. The lowest BCUT2D eigenvalue weighted by Gasteiger charge is -2.16. The number of hydrogen-bond donors (Lipinski definition) is 3. The van der Waals surface area contributed by atoms with E-state index in [2.05, 4.69) is 10.3 Å². The summed E-state index contributed by atoms with van der Waals surface area (Å²) in [7, 11) is 0. The van der Waals surface area contributed by atoms with Gasteiger partial charge in [-0.15, -0.1) is 0 Å². The maximum atomic E-state index is 12.1. The fourth-order valence-corrected chi connectivity index (χ4v) is 2.77. The van der Waals surface area contributed by atoms with Crippen molar-refractivity contribution >= 4 is 34.1 Å². The summed E-state index contributed by atoms with van der Waals surface area (Å²) in [6.07, 6.45) is 0.0906. The second-order valence-corrected chi connectivity index (χ2v) is 5.41. The highest BCUT2D eigenvalue weighted by atomic mass is 32.1. The lowest BCUT2D eigenvalue weighted by atomic mass is 10.2. The minimum absolute atomic E-state index is 0.0906. The number of anilines is 2. The van der Waals surface area contributed by atoms with Crippen molar-refractivity contribution in [2.45, 2.75) is 33.2 Å². The largest absolute Gasteiger partial charge is 0.382 e. The Morgan fingerprint density at radius 3 is 2.50 bits per heavy atom.